The Morgan fingerprint density at radius 3 is 2.53 bits per heavy atom. The van der Waals surface area contributed by atoms with Crippen molar-refractivity contribution in [2.75, 3.05) is 13.2 Å². The smallest absolute Gasteiger partial charge is 0.194 e. The second kappa shape index (κ2) is 5.36. The van der Waals surface area contributed by atoms with Crippen molar-refractivity contribution in [1.29, 1.82) is 0 Å². The first kappa shape index (κ1) is 12.2. The van der Waals surface area contributed by atoms with E-state index in [0.717, 1.165) is 24.5 Å². The van der Waals surface area contributed by atoms with Crippen molar-refractivity contribution >= 4 is 5.78 Å². The van der Waals surface area contributed by atoms with Gasteiger partial charge in [-0.3, -0.25) is 4.79 Å². The highest BCUT2D eigenvalue weighted by atomic mass is 19.1. The van der Waals surface area contributed by atoms with Gasteiger partial charge in [0, 0.05) is 6.61 Å². The van der Waals surface area contributed by atoms with Crippen LogP contribution < -0.4 is 0 Å². The van der Waals surface area contributed by atoms with Crippen LogP contribution in [0.4, 0.5) is 8.78 Å². The molecule has 92 valence electrons. The van der Waals surface area contributed by atoms with Crippen LogP contribution >= 0.6 is 0 Å². The minimum Gasteiger partial charge on any atom is -0.373 e. The maximum absolute atomic E-state index is 13.2. The molecule has 17 heavy (non-hydrogen) atoms. The van der Waals surface area contributed by atoms with Crippen molar-refractivity contribution in [3.8, 4) is 0 Å². The molecule has 1 aromatic rings. The van der Waals surface area contributed by atoms with Gasteiger partial charge in [0.25, 0.3) is 0 Å². The molecule has 1 aliphatic carbocycles. The second-order valence-electron chi connectivity index (χ2n) is 4.30. The molecule has 0 saturated heterocycles. The number of Topliss-reactive ketones (excluding diaryl/α,β-unsaturated/α-hetero) is 1. The zero-order chi connectivity index (χ0) is 12.3. The molecular weight excluding hydrogens is 226 g/mol. The van der Waals surface area contributed by atoms with E-state index in [2.05, 4.69) is 0 Å². The van der Waals surface area contributed by atoms with Gasteiger partial charge >= 0.3 is 0 Å². The maximum atomic E-state index is 13.2. The summed E-state index contributed by atoms with van der Waals surface area (Å²) < 4.78 is 31.6. The van der Waals surface area contributed by atoms with Gasteiger partial charge < -0.3 is 4.74 Å². The lowest BCUT2D eigenvalue weighted by molar-refractivity contribution is 0.0740. The first-order chi connectivity index (χ1) is 8.18. The summed E-state index contributed by atoms with van der Waals surface area (Å²) >= 11 is 0. The van der Waals surface area contributed by atoms with Crippen molar-refractivity contribution in [1.82, 2.24) is 0 Å². The molecule has 1 aromatic carbocycles. The van der Waals surface area contributed by atoms with E-state index >= 15 is 0 Å². The fraction of sp³-hybridized carbons (Fsp3) is 0.462. The Balaban J connectivity index is 1.85. The molecule has 0 atom stereocenters. The van der Waals surface area contributed by atoms with Gasteiger partial charge in [0.05, 0.1) is 5.56 Å². The van der Waals surface area contributed by atoms with Crippen LogP contribution in [0.2, 0.25) is 0 Å². The summed E-state index contributed by atoms with van der Waals surface area (Å²) in [7, 11) is 0. The van der Waals surface area contributed by atoms with Crippen LogP contribution in [-0.2, 0) is 4.74 Å². The molecule has 0 N–H and O–H groups in total. The Bertz CT molecular complexity index is 394. The van der Waals surface area contributed by atoms with Crippen LogP contribution in [0.3, 0.4) is 0 Å². The lowest BCUT2D eigenvalue weighted by Crippen LogP contribution is -2.13. The van der Waals surface area contributed by atoms with Gasteiger partial charge in [-0.1, -0.05) is 18.9 Å². The molecular formula is C13H14F2O2. The lowest BCUT2D eigenvalue weighted by atomic mass is 10.1. The zero-order valence-corrected chi connectivity index (χ0v) is 9.42. The molecule has 1 saturated carbocycles. The van der Waals surface area contributed by atoms with Crippen molar-refractivity contribution in [3.63, 3.8) is 0 Å². The number of halogens is 2. The summed E-state index contributed by atoms with van der Waals surface area (Å²) in [4.78, 5) is 11.5. The van der Waals surface area contributed by atoms with E-state index in [1.165, 1.54) is 18.9 Å². The topological polar surface area (TPSA) is 26.3 Å². The van der Waals surface area contributed by atoms with Gasteiger partial charge in [-0.15, -0.1) is 0 Å². The molecule has 0 radical (unpaired) electrons. The summed E-state index contributed by atoms with van der Waals surface area (Å²) in [5.74, 6) is -1.59. The standard InChI is InChI=1S/C13H14F2O2/c14-10-2-1-3-11(15)13(10)12(16)8-17-7-6-9-4-5-9/h1-3,9H,4-8H2. The first-order valence-electron chi connectivity index (χ1n) is 5.73. The molecule has 2 rings (SSSR count). The van der Waals surface area contributed by atoms with Crippen molar-refractivity contribution < 1.29 is 18.3 Å². The van der Waals surface area contributed by atoms with Crippen LogP contribution in [0, 0.1) is 17.6 Å². The van der Waals surface area contributed by atoms with Gasteiger partial charge in [0.15, 0.2) is 5.78 Å². The van der Waals surface area contributed by atoms with Gasteiger partial charge in [0.2, 0.25) is 0 Å². The highest BCUT2D eigenvalue weighted by molar-refractivity contribution is 5.97. The minimum absolute atomic E-state index is 0.259. The van der Waals surface area contributed by atoms with Gasteiger partial charge in [-0.2, -0.15) is 0 Å². The number of carbonyl (C=O) groups excluding carboxylic acids is 1. The highest BCUT2D eigenvalue weighted by Gasteiger charge is 2.21. The van der Waals surface area contributed by atoms with E-state index in [9.17, 15) is 13.6 Å². The van der Waals surface area contributed by atoms with Crippen LogP contribution in [0.25, 0.3) is 0 Å². The number of hydrogen-bond donors (Lipinski definition) is 0. The quantitative estimate of drug-likeness (QED) is 0.564. The lowest BCUT2D eigenvalue weighted by Gasteiger charge is -2.05. The van der Waals surface area contributed by atoms with E-state index in [1.54, 1.807) is 0 Å². The number of ether oxygens (including phenoxy) is 1. The number of carbonyl (C=O) groups is 1. The number of benzene rings is 1. The average Bonchev–Trinajstić information content (AvgIpc) is 3.08. The molecule has 0 amide bonds. The molecule has 0 spiro atoms. The predicted molar refractivity (Wildman–Crippen MR) is 58.8 cm³/mol. The second-order valence-corrected chi connectivity index (χ2v) is 4.30. The summed E-state index contributed by atoms with van der Waals surface area (Å²) in [5, 5.41) is 0. The van der Waals surface area contributed by atoms with Gasteiger partial charge in [-0.05, 0) is 24.5 Å². The molecule has 0 aromatic heterocycles. The molecule has 0 bridgehead atoms. The molecule has 4 heteroatoms. The molecule has 1 fully saturated rings. The van der Waals surface area contributed by atoms with E-state index in [1.807, 2.05) is 0 Å². The number of hydrogen-bond acceptors (Lipinski definition) is 2. The molecule has 0 heterocycles. The summed E-state index contributed by atoms with van der Waals surface area (Å²) in [6.07, 6.45) is 3.37. The van der Waals surface area contributed by atoms with Crippen molar-refractivity contribution in [2.45, 2.75) is 19.3 Å². The van der Waals surface area contributed by atoms with Crippen LogP contribution in [0.15, 0.2) is 18.2 Å². The van der Waals surface area contributed by atoms with E-state index < -0.39 is 23.0 Å². The van der Waals surface area contributed by atoms with Crippen LogP contribution in [0.1, 0.15) is 29.6 Å². The van der Waals surface area contributed by atoms with Crippen LogP contribution in [-0.4, -0.2) is 19.0 Å². The third kappa shape index (κ3) is 3.33. The Kier molecular flexibility index (Phi) is 3.84. The highest BCUT2D eigenvalue weighted by Crippen LogP contribution is 2.32. The summed E-state index contributed by atoms with van der Waals surface area (Å²) in [6.45, 7) is 0.219. The molecule has 1 aliphatic rings. The Morgan fingerprint density at radius 2 is 1.94 bits per heavy atom. The fourth-order valence-electron chi connectivity index (χ4n) is 1.66. The predicted octanol–water partition coefficient (Wildman–Crippen LogP) is 2.96. The molecule has 0 unspecified atom stereocenters. The largest absolute Gasteiger partial charge is 0.373 e. The van der Waals surface area contributed by atoms with Crippen LogP contribution in [0.5, 0.6) is 0 Å². The fourth-order valence-corrected chi connectivity index (χ4v) is 1.66. The Hall–Kier alpha value is -1.29. The number of rotatable bonds is 6. The normalized spacial score (nSPS) is 14.9. The van der Waals surface area contributed by atoms with Gasteiger partial charge in [-0.25, -0.2) is 8.78 Å². The van der Waals surface area contributed by atoms with E-state index in [0.29, 0.717) is 6.61 Å². The SMILES string of the molecule is O=C(COCCC1CC1)c1c(F)cccc1F. The number of ketones is 1. The average molecular weight is 240 g/mol. The third-order valence-electron chi connectivity index (χ3n) is 2.84. The van der Waals surface area contributed by atoms with Gasteiger partial charge in [0.1, 0.15) is 18.2 Å². The summed E-state index contributed by atoms with van der Waals surface area (Å²) in [6, 6.07) is 3.37. The van der Waals surface area contributed by atoms with E-state index in [4.69, 9.17) is 4.74 Å². The maximum Gasteiger partial charge on any atom is 0.194 e. The van der Waals surface area contributed by atoms with Crippen molar-refractivity contribution in [2.24, 2.45) is 5.92 Å². The van der Waals surface area contributed by atoms with E-state index in [-0.39, 0.29) is 6.61 Å². The summed E-state index contributed by atoms with van der Waals surface area (Å²) in [5.41, 5.74) is -0.501. The molecule has 0 aliphatic heterocycles. The first-order valence-corrected chi connectivity index (χ1v) is 5.73. The Morgan fingerprint density at radius 1 is 1.29 bits per heavy atom. The zero-order valence-electron chi connectivity index (χ0n) is 9.42. The van der Waals surface area contributed by atoms with Crippen molar-refractivity contribution in [3.05, 3.63) is 35.4 Å². The molecule has 2 nitrogen and oxygen atoms in total. The Labute approximate surface area is 98.6 Å². The third-order valence-corrected chi connectivity index (χ3v) is 2.84. The monoisotopic (exact) mass is 240 g/mol. The minimum atomic E-state index is -0.833.